The van der Waals surface area contributed by atoms with E-state index in [1.165, 1.54) is 0 Å². The van der Waals surface area contributed by atoms with Gasteiger partial charge in [-0.15, -0.1) is 0 Å². The number of ketones is 1. The van der Waals surface area contributed by atoms with Gasteiger partial charge in [-0.3, -0.25) is 4.79 Å². The van der Waals surface area contributed by atoms with E-state index in [2.05, 4.69) is 31.9 Å². The first-order valence-corrected chi connectivity index (χ1v) is 9.75. The molecule has 0 fully saturated rings. The Balaban J connectivity index is 2.06. The number of benzene rings is 3. The number of para-hydroxylation sites is 1. The molecule has 0 aliphatic carbocycles. The van der Waals surface area contributed by atoms with Crippen molar-refractivity contribution in [2.75, 3.05) is 0 Å². The second-order valence-electron chi connectivity index (χ2n) is 5.98. The first-order chi connectivity index (χ1) is 13.0. The largest absolute Gasteiger partial charge is 0.422 e. The molecule has 1 heterocycles. The summed E-state index contributed by atoms with van der Waals surface area (Å²) in [6, 6.07) is 21.7. The Morgan fingerprint density at radius 1 is 0.815 bits per heavy atom. The van der Waals surface area contributed by atoms with Gasteiger partial charge in [0.25, 0.3) is 0 Å². The Morgan fingerprint density at radius 2 is 1.56 bits per heavy atom. The van der Waals surface area contributed by atoms with Gasteiger partial charge in [0.15, 0.2) is 0 Å². The molecule has 0 bridgehead atoms. The zero-order valence-electron chi connectivity index (χ0n) is 13.9. The third-order valence-corrected chi connectivity index (χ3v) is 5.28. The molecule has 4 aromatic rings. The second kappa shape index (κ2) is 7.25. The van der Waals surface area contributed by atoms with Crippen molar-refractivity contribution in [1.82, 2.24) is 0 Å². The number of carbonyl (C=O) groups is 1. The molecule has 0 atom stereocenters. The highest BCUT2D eigenvalue weighted by molar-refractivity contribution is 9.10. The van der Waals surface area contributed by atoms with Crippen LogP contribution in [0.1, 0.15) is 15.9 Å². The van der Waals surface area contributed by atoms with E-state index < -0.39 is 5.63 Å². The fraction of sp³-hybridized carbons (Fsp3) is 0. The lowest BCUT2D eigenvalue weighted by Crippen LogP contribution is -2.17. The summed E-state index contributed by atoms with van der Waals surface area (Å²) in [5.41, 5.74) is 1.63. The summed E-state index contributed by atoms with van der Waals surface area (Å²) in [6.07, 6.45) is 0. The van der Waals surface area contributed by atoms with E-state index in [1.807, 2.05) is 42.5 Å². The Bertz CT molecular complexity index is 1220. The molecule has 0 unspecified atom stereocenters. The van der Waals surface area contributed by atoms with Crippen molar-refractivity contribution >= 4 is 48.6 Å². The fourth-order valence-electron chi connectivity index (χ4n) is 3.05. The molecule has 0 aliphatic rings. The molecule has 0 saturated heterocycles. The molecule has 0 spiro atoms. The number of rotatable bonds is 3. The van der Waals surface area contributed by atoms with Crippen LogP contribution in [0.5, 0.6) is 0 Å². The van der Waals surface area contributed by atoms with Crippen LogP contribution in [0.2, 0.25) is 0 Å². The highest BCUT2D eigenvalue weighted by atomic mass is 79.9. The number of hydrogen-bond donors (Lipinski definition) is 0. The molecule has 132 valence electrons. The quantitative estimate of drug-likeness (QED) is 0.257. The van der Waals surface area contributed by atoms with E-state index >= 15 is 0 Å². The zero-order valence-corrected chi connectivity index (χ0v) is 17.1. The van der Waals surface area contributed by atoms with E-state index in [9.17, 15) is 9.59 Å². The Labute approximate surface area is 171 Å². The zero-order chi connectivity index (χ0) is 19.0. The summed E-state index contributed by atoms with van der Waals surface area (Å²) in [5, 5.41) is 0.720. The third-order valence-electron chi connectivity index (χ3n) is 4.26. The minimum Gasteiger partial charge on any atom is -0.422 e. The van der Waals surface area contributed by atoms with Crippen LogP contribution in [0, 0.1) is 0 Å². The van der Waals surface area contributed by atoms with Gasteiger partial charge in [-0.2, -0.15) is 0 Å². The molecule has 0 radical (unpaired) electrons. The first kappa shape index (κ1) is 17.9. The summed E-state index contributed by atoms with van der Waals surface area (Å²) >= 11 is 6.80. The molecule has 3 nitrogen and oxygen atoms in total. The molecule has 1 aromatic heterocycles. The van der Waals surface area contributed by atoms with Crippen molar-refractivity contribution in [3.8, 4) is 11.1 Å². The van der Waals surface area contributed by atoms with Crippen molar-refractivity contribution < 1.29 is 9.21 Å². The summed E-state index contributed by atoms with van der Waals surface area (Å²) in [7, 11) is 0. The van der Waals surface area contributed by atoms with Gasteiger partial charge in [0, 0.05) is 25.5 Å². The number of halogens is 2. The Morgan fingerprint density at radius 3 is 2.30 bits per heavy atom. The molecule has 3 aromatic carbocycles. The first-order valence-electron chi connectivity index (χ1n) is 8.16. The van der Waals surface area contributed by atoms with Gasteiger partial charge >= 0.3 is 5.63 Å². The number of hydrogen-bond acceptors (Lipinski definition) is 3. The SMILES string of the molecule is O=C(c1cccc(Br)c1)c1c(-c2ccc(Br)cc2)c2ccccc2oc1=O. The maximum absolute atomic E-state index is 13.2. The fourth-order valence-corrected chi connectivity index (χ4v) is 3.71. The predicted molar refractivity (Wildman–Crippen MR) is 113 cm³/mol. The Kier molecular flexibility index (Phi) is 4.81. The average Bonchev–Trinajstić information content (AvgIpc) is 2.67. The van der Waals surface area contributed by atoms with E-state index in [0.717, 1.165) is 19.9 Å². The van der Waals surface area contributed by atoms with Gasteiger partial charge < -0.3 is 4.42 Å². The predicted octanol–water partition coefficient (Wildman–Crippen LogP) is 6.22. The van der Waals surface area contributed by atoms with Crippen molar-refractivity contribution in [1.29, 1.82) is 0 Å². The highest BCUT2D eigenvalue weighted by Crippen LogP contribution is 2.32. The maximum atomic E-state index is 13.2. The number of fused-ring (bicyclic) bond motifs is 1. The molecular formula is C22H12Br2O3. The van der Waals surface area contributed by atoms with E-state index in [4.69, 9.17) is 4.42 Å². The lowest BCUT2D eigenvalue weighted by Gasteiger charge is -2.12. The average molecular weight is 484 g/mol. The summed E-state index contributed by atoms with van der Waals surface area (Å²) < 4.78 is 7.14. The van der Waals surface area contributed by atoms with E-state index in [0.29, 0.717) is 16.7 Å². The van der Waals surface area contributed by atoms with Crippen LogP contribution in [0.15, 0.2) is 91.0 Å². The molecule has 0 N–H and O–H groups in total. The van der Waals surface area contributed by atoms with Gasteiger partial charge in [0.2, 0.25) is 5.78 Å². The monoisotopic (exact) mass is 482 g/mol. The van der Waals surface area contributed by atoms with Crippen LogP contribution in [0.25, 0.3) is 22.1 Å². The lowest BCUT2D eigenvalue weighted by atomic mass is 9.92. The van der Waals surface area contributed by atoms with Crippen LogP contribution >= 0.6 is 31.9 Å². The third kappa shape index (κ3) is 3.40. The molecular weight excluding hydrogens is 472 g/mol. The topological polar surface area (TPSA) is 47.3 Å². The smallest absolute Gasteiger partial charge is 0.348 e. The van der Waals surface area contributed by atoms with Crippen LogP contribution in [0.3, 0.4) is 0 Å². The van der Waals surface area contributed by atoms with E-state index in [1.54, 1.807) is 30.3 Å². The molecule has 4 rings (SSSR count). The standard InChI is InChI=1S/C22H12Br2O3/c23-15-10-8-13(9-11-15)19-17-6-1-2-7-18(17)27-22(26)20(19)21(25)14-4-3-5-16(24)12-14/h1-12H. The van der Waals surface area contributed by atoms with Gasteiger partial charge in [0.1, 0.15) is 11.1 Å². The Hall–Kier alpha value is -2.50. The van der Waals surface area contributed by atoms with Gasteiger partial charge in [0.05, 0.1) is 0 Å². The maximum Gasteiger partial charge on any atom is 0.348 e. The van der Waals surface area contributed by atoms with Crippen LogP contribution in [-0.2, 0) is 0 Å². The molecule has 0 amide bonds. The lowest BCUT2D eigenvalue weighted by molar-refractivity contribution is 0.103. The minimum absolute atomic E-state index is 0.0362. The van der Waals surface area contributed by atoms with Crippen LogP contribution < -0.4 is 5.63 Å². The van der Waals surface area contributed by atoms with Crippen molar-refractivity contribution in [3.05, 3.63) is 103 Å². The van der Waals surface area contributed by atoms with Gasteiger partial charge in [-0.25, -0.2) is 4.79 Å². The van der Waals surface area contributed by atoms with Crippen LogP contribution in [-0.4, -0.2) is 5.78 Å². The summed E-state index contributed by atoms with van der Waals surface area (Å²) in [4.78, 5) is 26.0. The van der Waals surface area contributed by atoms with Gasteiger partial charge in [-0.05, 0) is 35.9 Å². The molecule has 0 aliphatic heterocycles. The summed E-state index contributed by atoms with van der Waals surface area (Å²) in [5.74, 6) is -0.367. The normalized spacial score (nSPS) is 10.9. The second-order valence-corrected chi connectivity index (χ2v) is 7.81. The van der Waals surface area contributed by atoms with Gasteiger partial charge in [-0.1, -0.05) is 74.3 Å². The van der Waals surface area contributed by atoms with E-state index in [-0.39, 0.29) is 11.3 Å². The van der Waals surface area contributed by atoms with Crippen molar-refractivity contribution in [3.63, 3.8) is 0 Å². The highest BCUT2D eigenvalue weighted by Gasteiger charge is 2.23. The van der Waals surface area contributed by atoms with Crippen molar-refractivity contribution in [2.24, 2.45) is 0 Å². The molecule has 5 heteroatoms. The summed E-state index contributed by atoms with van der Waals surface area (Å²) in [6.45, 7) is 0. The van der Waals surface area contributed by atoms with Crippen molar-refractivity contribution in [2.45, 2.75) is 0 Å². The van der Waals surface area contributed by atoms with Crippen LogP contribution in [0.4, 0.5) is 0 Å². The molecule has 27 heavy (non-hydrogen) atoms. The number of carbonyl (C=O) groups excluding carboxylic acids is 1. The molecule has 0 saturated carbocycles. The minimum atomic E-state index is -0.642.